The van der Waals surface area contributed by atoms with Gasteiger partial charge in [0.1, 0.15) is 0 Å². The first kappa shape index (κ1) is 12.9. The van der Waals surface area contributed by atoms with Crippen LogP contribution in [0.25, 0.3) is 0 Å². The highest BCUT2D eigenvalue weighted by Crippen LogP contribution is 2.47. The number of hydrogen-bond acceptors (Lipinski definition) is 3. The lowest BCUT2D eigenvalue weighted by molar-refractivity contribution is 0.0156. The van der Waals surface area contributed by atoms with E-state index in [-0.39, 0.29) is 5.60 Å². The Balaban J connectivity index is 2.07. The second-order valence-corrected chi connectivity index (χ2v) is 5.36. The second-order valence-electron chi connectivity index (χ2n) is 5.36. The number of rotatable bonds is 8. The van der Waals surface area contributed by atoms with Crippen LogP contribution in [-0.4, -0.2) is 37.5 Å². The molecule has 1 fully saturated rings. The molecule has 0 saturated heterocycles. The van der Waals surface area contributed by atoms with Crippen LogP contribution in [0.5, 0.6) is 0 Å². The van der Waals surface area contributed by atoms with Crippen molar-refractivity contribution in [2.75, 3.05) is 26.8 Å². The summed E-state index contributed by atoms with van der Waals surface area (Å²) < 4.78 is 5.35. The van der Waals surface area contributed by atoms with Crippen LogP contribution in [0.4, 0.5) is 0 Å². The molecule has 0 radical (unpaired) electrons. The molecule has 1 aliphatic carbocycles. The largest absolute Gasteiger partial charge is 0.396 e. The van der Waals surface area contributed by atoms with Gasteiger partial charge in [-0.05, 0) is 51.5 Å². The maximum atomic E-state index is 8.92. The third-order valence-electron chi connectivity index (χ3n) is 3.56. The number of methoxy groups -OCH3 is 1. The van der Waals surface area contributed by atoms with Gasteiger partial charge in [-0.3, -0.25) is 0 Å². The van der Waals surface area contributed by atoms with Gasteiger partial charge in [0.05, 0.1) is 5.60 Å². The summed E-state index contributed by atoms with van der Waals surface area (Å²) in [6.07, 6.45) is 4.52. The molecule has 1 aliphatic rings. The summed E-state index contributed by atoms with van der Waals surface area (Å²) in [5.74, 6) is 0. The summed E-state index contributed by atoms with van der Waals surface area (Å²) in [6, 6.07) is 0. The van der Waals surface area contributed by atoms with Crippen LogP contribution >= 0.6 is 0 Å². The zero-order chi connectivity index (χ0) is 11.4. The van der Waals surface area contributed by atoms with Gasteiger partial charge in [0.2, 0.25) is 0 Å². The van der Waals surface area contributed by atoms with Gasteiger partial charge in [-0.1, -0.05) is 0 Å². The van der Waals surface area contributed by atoms with Crippen LogP contribution in [0, 0.1) is 5.41 Å². The summed E-state index contributed by atoms with van der Waals surface area (Å²) in [5, 5.41) is 12.4. The molecule has 0 amide bonds. The SMILES string of the molecule is COC(C)(C)CCNCC1(CCO)CC1. The minimum atomic E-state index is -0.0271. The first-order chi connectivity index (χ1) is 7.04. The summed E-state index contributed by atoms with van der Waals surface area (Å²) in [7, 11) is 1.76. The van der Waals surface area contributed by atoms with E-state index < -0.39 is 0 Å². The van der Waals surface area contributed by atoms with Gasteiger partial charge in [0.15, 0.2) is 0 Å². The number of ether oxygens (including phenoxy) is 1. The first-order valence-corrected chi connectivity index (χ1v) is 5.90. The standard InChI is InChI=1S/C12H25NO2/c1-11(2,15-3)6-8-13-10-12(4-5-12)7-9-14/h13-14H,4-10H2,1-3H3. The minimum Gasteiger partial charge on any atom is -0.396 e. The van der Waals surface area contributed by atoms with Crippen molar-refractivity contribution in [1.82, 2.24) is 5.32 Å². The predicted octanol–water partition coefficient (Wildman–Crippen LogP) is 1.55. The van der Waals surface area contributed by atoms with E-state index in [1.807, 2.05) is 0 Å². The molecule has 90 valence electrons. The van der Waals surface area contributed by atoms with Crippen molar-refractivity contribution in [3.8, 4) is 0 Å². The van der Waals surface area contributed by atoms with E-state index in [2.05, 4.69) is 19.2 Å². The molecule has 0 aromatic carbocycles. The van der Waals surface area contributed by atoms with E-state index in [9.17, 15) is 0 Å². The zero-order valence-corrected chi connectivity index (χ0v) is 10.3. The Bertz CT molecular complexity index is 188. The van der Waals surface area contributed by atoms with Crippen LogP contribution in [0.3, 0.4) is 0 Å². The molecule has 0 atom stereocenters. The van der Waals surface area contributed by atoms with E-state index >= 15 is 0 Å². The summed E-state index contributed by atoms with van der Waals surface area (Å²) in [4.78, 5) is 0. The quantitative estimate of drug-likeness (QED) is 0.604. The molecule has 1 rings (SSSR count). The summed E-state index contributed by atoms with van der Waals surface area (Å²) >= 11 is 0. The third kappa shape index (κ3) is 4.49. The van der Waals surface area contributed by atoms with Crippen molar-refractivity contribution in [1.29, 1.82) is 0 Å². The summed E-state index contributed by atoms with van der Waals surface area (Å²) in [6.45, 7) is 6.58. The van der Waals surface area contributed by atoms with Gasteiger partial charge in [-0.2, -0.15) is 0 Å². The van der Waals surface area contributed by atoms with E-state index in [0.29, 0.717) is 12.0 Å². The molecule has 0 aliphatic heterocycles. The number of hydrogen-bond donors (Lipinski definition) is 2. The fourth-order valence-electron chi connectivity index (χ4n) is 1.77. The molecular formula is C12H25NO2. The Morgan fingerprint density at radius 3 is 2.53 bits per heavy atom. The highest BCUT2D eigenvalue weighted by atomic mass is 16.5. The van der Waals surface area contributed by atoms with Gasteiger partial charge in [-0.15, -0.1) is 0 Å². The maximum absolute atomic E-state index is 8.92. The monoisotopic (exact) mass is 215 g/mol. The molecule has 0 bridgehead atoms. The highest BCUT2D eigenvalue weighted by Gasteiger charge is 2.41. The average molecular weight is 215 g/mol. The topological polar surface area (TPSA) is 41.5 Å². The molecule has 2 N–H and O–H groups in total. The van der Waals surface area contributed by atoms with Gasteiger partial charge in [0.25, 0.3) is 0 Å². The van der Waals surface area contributed by atoms with E-state index in [0.717, 1.165) is 25.9 Å². The fourth-order valence-corrected chi connectivity index (χ4v) is 1.77. The number of nitrogens with one attached hydrogen (secondary N) is 1. The highest BCUT2D eigenvalue weighted by molar-refractivity contribution is 4.94. The lowest BCUT2D eigenvalue weighted by Gasteiger charge is -2.23. The molecule has 1 saturated carbocycles. The van der Waals surface area contributed by atoms with E-state index in [1.54, 1.807) is 7.11 Å². The van der Waals surface area contributed by atoms with Crippen LogP contribution < -0.4 is 5.32 Å². The van der Waals surface area contributed by atoms with Gasteiger partial charge in [-0.25, -0.2) is 0 Å². The fraction of sp³-hybridized carbons (Fsp3) is 1.00. The van der Waals surface area contributed by atoms with Crippen LogP contribution in [0.1, 0.15) is 39.5 Å². The van der Waals surface area contributed by atoms with Crippen LogP contribution in [0.15, 0.2) is 0 Å². The molecule has 0 aromatic heterocycles. The van der Waals surface area contributed by atoms with Crippen molar-refractivity contribution in [2.24, 2.45) is 5.41 Å². The van der Waals surface area contributed by atoms with E-state index in [4.69, 9.17) is 9.84 Å². The maximum Gasteiger partial charge on any atom is 0.0634 e. The Hall–Kier alpha value is -0.120. The molecule has 0 spiro atoms. The predicted molar refractivity (Wildman–Crippen MR) is 61.9 cm³/mol. The molecular weight excluding hydrogens is 190 g/mol. The van der Waals surface area contributed by atoms with Crippen LogP contribution in [0.2, 0.25) is 0 Å². The van der Waals surface area contributed by atoms with Crippen molar-refractivity contribution in [3.05, 3.63) is 0 Å². The van der Waals surface area contributed by atoms with Crippen molar-refractivity contribution < 1.29 is 9.84 Å². The lowest BCUT2D eigenvalue weighted by Crippen LogP contribution is -2.32. The first-order valence-electron chi connectivity index (χ1n) is 5.90. The molecule has 0 aromatic rings. The van der Waals surface area contributed by atoms with Crippen molar-refractivity contribution >= 4 is 0 Å². The third-order valence-corrected chi connectivity index (χ3v) is 3.56. The molecule has 0 heterocycles. The Morgan fingerprint density at radius 1 is 1.40 bits per heavy atom. The van der Waals surface area contributed by atoms with Gasteiger partial charge in [0, 0.05) is 20.3 Å². The lowest BCUT2D eigenvalue weighted by atomic mass is 10.0. The Labute approximate surface area is 93.2 Å². The zero-order valence-electron chi connectivity index (χ0n) is 10.3. The molecule has 3 nitrogen and oxygen atoms in total. The van der Waals surface area contributed by atoms with Gasteiger partial charge >= 0.3 is 0 Å². The molecule has 3 heteroatoms. The number of aliphatic hydroxyl groups is 1. The molecule has 15 heavy (non-hydrogen) atoms. The minimum absolute atomic E-state index is 0.0271. The van der Waals surface area contributed by atoms with Crippen molar-refractivity contribution in [3.63, 3.8) is 0 Å². The Kier molecular flexibility index (Phi) is 4.56. The van der Waals surface area contributed by atoms with E-state index in [1.165, 1.54) is 12.8 Å². The Morgan fingerprint density at radius 2 is 2.07 bits per heavy atom. The smallest absolute Gasteiger partial charge is 0.0634 e. The summed E-state index contributed by atoms with van der Waals surface area (Å²) in [5.41, 5.74) is 0.395. The van der Waals surface area contributed by atoms with Crippen molar-refractivity contribution in [2.45, 2.75) is 45.1 Å². The molecule has 0 unspecified atom stereocenters. The normalized spacial score (nSPS) is 19.2. The van der Waals surface area contributed by atoms with Gasteiger partial charge < -0.3 is 15.2 Å². The number of aliphatic hydroxyl groups excluding tert-OH is 1. The van der Waals surface area contributed by atoms with Crippen LogP contribution in [-0.2, 0) is 4.74 Å². The second kappa shape index (κ2) is 5.28. The average Bonchev–Trinajstić information content (AvgIpc) is 2.94.